The second-order valence-corrected chi connectivity index (χ2v) is 4.51. The summed E-state index contributed by atoms with van der Waals surface area (Å²) < 4.78 is 0. The lowest BCUT2D eigenvalue weighted by atomic mass is 10.2. The molecule has 0 fully saturated rings. The van der Waals surface area contributed by atoms with Gasteiger partial charge in [0.2, 0.25) is 0 Å². The summed E-state index contributed by atoms with van der Waals surface area (Å²) >= 11 is 0. The number of pyridine rings is 1. The summed E-state index contributed by atoms with van der Waals surface area (Å²) in [6, 6.07) is 24.0. The Kier molecular flexibility index (Phi) is 4.03. The number of aromatic nitrogens is 1. The molecule has 0 bridgehead atoms. The highest BCUT2D eigenvalue weighted by Crippen LogP contribution is 2.24. The molecule has 0 aliphatic heterocycles. The minimum Gasteiger partial charge on any atom is -0.264 e. The average molecular weight is 273 g/mol. The Labute approximate surface area is 124 Å². The predicted octanol–water partition coefficient (Wildman–Crippen LogP) is 4.25. The molecule has 2 aromatic carbocycles. The van der Waals surface area contributed by atoms with Crippen molar-refractivity contribution in [3.05, 3.63) is 90.8 Å². The average Bonchev–Trinajstić information content (AvgIpc) is 2.58. The van der Waals surface area contributed by atoms with E-state index >= 15 is 0 Å². The summed E-state index contributed by atoms with van der Waals surface area (Å²) in [7, 11) is 0. The first-order chi connectivity index (χ1) is 10.4. The Balaban J connectivity index is 1.96. The quantitative estimate of drug-likeness (QED) is 0.525. The summed E-state index contributed by atoms with van der Waals surface area (Å²) in [6.07, 6.45) is 5.36. The molecule has 1 aromatic heterocycles. The summed E-state index contributed by atoms with van der Waals surface area (Å²) in [4.78, 5) is 4.10. The molecule has 3 heteroatoms. The molecule has 0 saturated heterocycles. The van der Waals surface area contributed by atoms with Crippen molar-refractivity contribution < 1.29 is 0 Å². The lowest BCUT2D eigenvalue weighted by Crippen LogP contribution is -2.09. The fourth-order valence-electron chi connectivity index (χ4n) is 2.00. The highest BCUT2D eigenvalue weighted by atomic mass is 15.5. The standard InChI is InChI=1S/C18H15N3/c1-3-9-17(10-4-1)21(18-11-5-2-6-12-18)20-15-16-8-7-13-19-14-16/h1-15H/b20-15+. The molecule has 0 radical (unpaired) electrons. The van der Waals surface area contributed by atoms with Gasteiger partial charge < -0.3 is 0 Å². The van der Waals surface area contributed by atoms with E-state index in [4.69, 9.17) is 0 Å². The highest BCUT2D eigenvalue weighted by Gasteiger charge is 2.06. The van der Waals surface area contributed by atoms with Crippen LogP contribution in [0.4, 0.5) is 11.4 Å². The van der Waals surface area contributed by atoms with E-state index in [1.165, 1.54) is 0 Å². The first-order valence-corrected chi connectivity index (χ1v) is 6.78. The van der Waals surface area contributed by atoms with Crippen molar-refractivity contribution >= 4 is 17.6 Å². The number of hydrogen-bond donors (Lipinski definition) is 0. The van der Waals surface area contributed by atoms with E-state index in [0.717, 1.165) is 16.9 Å². The third-order valence-electron chi connectivity index (χ3n) is 3.01. The Morgan fingerprint density at radius 1 is 0.762 bits per heavy atom. The Hall–Kier alpha value is -2.94. The molecule has 3 nitrogen and oxygen atoms in total. The van der Waals surface area contributed by atoms with Crippen molar-refractivity contribution in [3.8, 4) is 0 Å². The molecule has 0 amide bonds. The maximum absolute atomic E-state index is 4.60. The van der Waals surface area contributed by atoms with Crippen LogP contribution in [-0.4, -0.2) is 11.2 Å². The van der Waals surface area contributed by atoms with E-state index in [0.29, 0.717) is 0 Å². The van der Waals surface area contributed by atoms with Gasteiger partial charge in [0.1, 0.15) is 0 Å². The van der Waals surface area contributed by atoms with Gasteiger partial charge >= 0.3 is 0 Å². The second kappa shape index (κ2) is 6.48. The van der Waals surface area contributed by atoms with Crippen LogP contribution in [0.1, 0.15) is 5.56 Å². The van der Waals surface area contributed by atoms with Crippen molar-refractivity contribution in [1.29, 1.82) is 0 Å². The minimum atomic E-state index is 0.967. The Morgan fingerprint density at radius 2 is 1.38 bits per heavy atom. The molecule has 0 aliphatic carbocycles. The van der Waals surface area contributed by atoms with Crippen molar-refractivity contribution in [2.45, 2.75) is 0 Å². The first kappa shape index (κ1) is 13.1. The molecular weight excluding hydrogens is 258 g/mol. The fourth-order valence-corrected chi connectivity index (χ4v) is 2.00. The minimum absolute atomic E-state index is 0.967. The van der Waals surface area contributed by atoms with Crippen molar-refractivity contribution in [1.82, 2.24) is 4.98 Å². The molecule has 0 N–H and O–H groups in total. The summed E-state index contributed by atoms with van der Waals surface area (Å²) in [5.74, 6) is 0. The zero-order valence-electron chi connectivity index (χ0n) is 11.5. The van der Waals surface area contributed by atoms with Crippen LogP contribution in [0.2, 0.25) is 0 Å². The molecule has 0 aliphatic rings. The van der Waals surface area contributed by atoms with Crippen LogP contribution in [0, 0.1) is 0 Å². The molecule has 102 valence electrons. The molecule has 3 aromatic rings. The maximum atomic E-state index is 4.60. The van der Waals surface area contributed by atoms with E-state index in [-0.39, 0.29) is 0 Å². The second-order valence-electron chi connectivity index (χ2n) is 4.51. The molecule has 0 saturated carbocycles. The van der Waals surface area contributed by atoms with Gasteiger partial charge in [0, 0.05) is 18.0 Å². The Bertz CT molecular complexity index is 655. The van der Waals surface area contributed by atoms with Crippen LogP contribution >= 0.6 is 0 Å². The maximum Gasteiger partial charge on any atom is 0.0652 e. The molecule has 0 atom stereocenters. The lowest BCUT2D eigenvalue weighted by molar-refractivity contribution is 1.09. The zero-order valence-corrected chi connectivity index (χ0v) is 11.5. The molecular formula is C18H15N3. The molecule has 0 spiro atoms. The molecule has 0 unspecified atom stereocenters. The van der Waals surface area contributed by atoms with Gasteiger partial charge in [-0.05, 0) is 30.3 Å². The van der Waals surface area contributed by atoms with Crippen LogP contribution < -0.4 is 5.01 Å². The molecule has 21 heavy (non-hydrogen) atoms. The fraction of sp³-hybridized carbons (Fsp3) is 0. The Morgan fingerprint density at radius 3 is 1.90 bits per heavy atom. The topological polar surface area (TPSA) is 28.5 Å². The van der Waals surface area contributed by atoms with Crippen LogP contribution in [0.5, 0.6) is 0 Å². The first-order valence-electron chi connectivity index (χ1n) is 6.78. The van der Waals surface area contributed by atoms with Crippen LogP contribution in [0.25, 0.3) is 0 Å². The third-order valence-corrected chi connectivity index (χ3v) is 3.01. The number of hydrazone groups is 1. The van der Waals surface area contributed by atoms with E-state index in [1.54, 1.807) is 12.4 Å². The smallest absolute Gasteiger partial charge is 0.0652 e. The summed E-state index contributed by atoms with van der Waals surface area (Å²) in [6.45, 7) is 0. The number of rotatable bonds is 4. The van der Waals surface area contributed by atoms with E-state index in [1.807, 2.05) is 84.0 Å². The largest absolute Gasteiger partial charge is 0.264 e. The van der Waals surface area contributed by atoms with E-state index in [2.05, 4.69) is 10.1 Å². The van der Waals surface area contributed by atoms with Crippen molar-refractivity contribution in [2.75, 3.05) is 5.01 Å². The third kappa shape index (κ3) is 3.34. The van der Waals surface area contributed by atoms with Gasteiger partial charge in [-0.3, -0.25) is 4.98 Å². The van der Waals surface area contributed by atoms with Gasteiger partial charge in [-0.25, -0.2) is 5.01 Å². The van der Waals surface area contributed by atoms with Crippen LogP contribution in [0.15, 0.2) is 90.3 Å². The lowest BCUT2D eigenvalue weighted by Gasteiger charge is -2.19. The van der Waals surface area contributed by atoms with Crippen LogP contribution in [-0.2, 0) is 0 Å². The SMILES string of the molecule is C(=N\N(c1ccccc1)c1ccccc1)/c1cccnc1. The molecule has 1 heterocycles. The van der Waals surface area contributed by atoms with Crippen molar-refractivity contribution in [3.63, 3.8) is 0 Å². The number of benzene rings is 2. The summed E-state index contributed by atoms with van der Waals surface area (Å²) in [5, 5.41) is 6.51. The van der Waals surface area contributed by atoms with Crippen molar-refractivity contribution in [2.24, 2.45) is 5.10 Å². The van der Waals surface area contributed by atoms with Gasteiger partial charge in [0.15, 0.2) is 0 Å². The predicted molar refractivity (Wildman–Crippen MR) is 86.9 cm³/mol. The van der Waals surface area contributed by atoms with E-state index < -0.39 is 0 Å². The molecule has 3 rings (SSSR count). The van der Waals surface area contributed by atoms with Gasteiger partial charge in [-0.15, -0.1) is 0 Å². The number of anilines is 2. The van der Waals surface area contributed by atoms with Gasteiger partial charge in [0.05, 0.1) is 17.6 Å². The van der Waals surface area contributed by atoms with Crippen LogP contribution in [0.3, 0.4) is 0 Å². The van der Waals surface area contributed by atoms with E-state index in [9.17, 15) is 0 Å². The highest BCUT2D eigenvalue weighted by molar-refractivity contribution is 5.81. The normalized spacial score (nSPS) is 10.7. The zero-order chi connectivity index (χ0) is 14.3. The monoisotopic (exact) mass is 273 g/mol. The van der Waals surface area contributed by atoms with Gasteiger partial charge in [-0.1, -0.05) is 42.5 Å². The summed E-state index contributed by atoms with van der Waals surface area (Å²) in [5.41, 5.74) is 3.00. The number of hydrogen-bond acceptors (Lipinski definition) is 3. The number of para-hydroxylation sites is 2. The van der Waals surface area contributed by atoms with Gasteiger partial charge in [0.25, 0.3) is 0 Å². The van der Waals surface area contributed by atoms with Gasteiger partial charge in [-0.2, -0.15) is 5.10 Å². The number of nitrogens with zero attached hydrogens (tertiary/aromatic N) is 3.